The van der Waals surface area contributed by atoms with Crippen LogP contribution >= 0.6 is 0 Å². The normalized spacial score (nSPS) is 20.7. The van der Waals surface area contributed by atoms with Gasteiger partial charge in [0.25, 0.3) is 5.91 Å². The van der Waals surface area contributed by atoms with Crippen molar-refractivity contribution in [2.75, 3.05) is 0 Å². The molecule has 2 aromatic rings. The van der Waals surface area contributed by atoms with Gasteiger partial charge in [-0.05, 0) is 13.8 Å². The van der Waals surface area contributed by atoms with E-state index < -0.39 is 0 Å². The second-order valence-electron chi connectivity index (χ2n) is 5.64. The quantitative estimate of drug-likeness (QED) is 0.892. The minimum Gasteiger partial charge on any atom is -0.369 e. The number of carbonyl (C=O) groups excluding carboxylic acids is 1. The highest BCUT2D eigenvalue weighted by Crippen LogP contribution is 2.31. The number of ether oxygens (including phenoxy) is 1. The Balaban J connectivity index is 1.81. The molecule has 118 valence electrons. The van der Waals surface area contributed by atoms with E-state index in [1.54, 1.807) is 25.0 Å². The largest absolute Gasteiger partial charge is 0.369 e. The second-order valence-corrected chi connectivity index (χ2v) is 5.64. The molecule has 0 unspecified atom stereocenters. The van der Waals surface area contributed by atoms with Crippen LogP contribution in [0.1, 0.15) is 47.4 Å². The maximum atomic E-state index is 12.5. The number of aromatic nitrogens is 5. The molecule has 22 heavy (non-hydrogen) atoms. The number of fused-ring (bicyclic) bond motifs is 1. The van der Waals surface area contributed by atoms with Crippen molar-refractivity contribution < 1.29 is 9.53 Å². The van der Waals surface area contributed by atoms with Crippen LogP contribution in [0.15, 0.2) is 6.20 Å². The lowest BCUT2D eigenvalue weighted by Crippen LogP contribution is -2.28. The fraction of sp³-hybridized carbons (Fsp3) is 0.571. The number of aryl methyl sites for hydroxylation is 2. The van der Waals surface area contributed by atoms with Crippen LogP contribution in [0.3, 0.4) is 0 Å². The van der Waals surface area contributed by atoms with E-state index in [9.17, 15) is 4.79 Å². The van der Waals surface area contributed by atoms with Gasteiger partial charge in [-0.1, -0.05) is 0 Å². The highest BCUT2D eigenvalue weighted by molar-refractivity contribution is 5.94. The molecular formula is C14H20N6O2. The van der Waals surface area contributed by atoms with Gasteiger partial charge in [0.15, 0.2) is 0 Å². The summed E-state index contributed by atoms with van der Waals surface area (Å²) >= 11 is 0. The van der Waals surface area contributed by atoms with Gasteiger partial charge >= 0.3 is 0 Å². The van der Waals surface area contributed by atoms with Crippen molar-refractivity contribution in [1.82, 2.24) is 30.1 Å². The summed E-state index contributed by atoms with van der Waals surface area (Å²) in [5.41, 5.74) is 3.15. The molecule has 3 heterocycles. The zero-order chi connectivity index (χ0) is 15.9. The van der Waals surface area contributed by atoms with Gasteiger partial charge in [-0.25, -0.2) is 0 Å². The molecule has 1 N–H and O–H groups in total. The molecule has 8 nitrogen and oxygen atoms in total. The van der Waals surface area contributed by atoms with Crippen LogP contribution in [0.2, 0.25) is 0 Å². The first-order valence-electron chi connectivity index (χ1n) is 7.30. The third-order valence-corrected chi connectivity index (χ3v) is 3.78. The van der Waals surface area contributed by atoms with Gasteiger partial charge in [0.05, 0.1) is 30.6 Å². The minimum absolute atomic E-state index is 0.0817. The fourth-order valence-corrected chi connectivity index (χ4v) is 2.87. The fourth-order valence-electron chi connectivity index (χ4n) is 2.87. The highest BCUT2D eigenvalue weighted by Gasteiger charge is 2.31. The maximum Gasteiger partial charge on any atom is 0.270 e. The number of nitrogens with zero attached hydrogens (tertiary/aromatic N) is 5. The Morgan fingerprint density at radius 2 is 2.18 bits per heavy atom. The molecule has 0 spiro atoms. The Kier molecular flexibility index (Phi) is 3.69. The van der Waals surface area contributed by atoms with Crippen molar-refractivity contribution in [1.29, 1.82) is 0 Å². The van der Waals surface area contributed by atoms with E-state index in [1.165, 1.54) is 4.80 Å². The monoisotopic (exact) mass is 304 g/mol. The van der Waals surface area contributed by atoms with Crippen molar-refractivity contribution in [2.24, 2.45) is 14.1 Å². The summed E-state index contributed by atoms with van der Waals surface area (Å²) in [6.45, 7) is 4.31. The third-order valence-electron chi connectivity index (χ3n) is 3.78. The Bertz CT molecular complexity index is 704. The Morgan fingerprint density at radius 3 is 2.86 bits per heavy atom. The lowest BCUT2D eigenvalue weighted by atomic mass is 9.99. The molecule has 0 bridgehead atoms. The van der Waals surface area contributed by atoms with Gasteiger partial charge < -0.3 is 10.1 Å². The zero-order valence-corrected chi connectivity index (χ0v) is 13.2. The molecule has 0 aromatic carbocycles. The van der Waals surface area contributed by atoms with Crippen LogP contribution in [0.5, 0.6) is 0 Å². The number of amides is 1. The Morgan fingerprint density at radius 1 is 1.41 bits per heavy atom. The van der Waals surface area contributed by atoms with Gasteiger partial charge in [0, 0.05) is 26.1 Å². The van der Waals surface area contributed by atoms with Crippen LogP contribution in [-0.2, 0) is 31.8 Å². The van der Waals surface area contributed by atoms with Crippen LogP contribution in [0, 0.1) is 0 Å². The molecular weight excluding hydrogens is 284 g/mol. The second kappa shape index (κ2) is 5.53. The molecule has 8 heteroatoms. The molecule has 0 aliphatic carbocycles. The SMILES string of the molecule is C[C@@H]1Cc2c(nn(C)c2C(=O)NCc2cnn(C)n2)[C@H](C)O1. The van der Waals surface area contributed by atoms with Crippen LogP contribution < -0.4 is 5.32 Å². The van der Waals surface area contributed by atoms with Crippen molar-refractivity contribution in [3.8, 4) is 0 Å². The summed E-state index contributed by atoms with van der Waals surface area (Å²) in [7, 11) is 3.53. The number of hydrogen-bond acceptors (Lipinski definition) is 5. The molecule has 0 radical (unpaired) electrons. The molecule has 1 aliphatic rings. The zero-order valence-electron chi connectivity index (χ0n) is 13.2. The van der Waals surface area contributed by atoms with Crippen molar-refractivity contribution >= 4 is 5.91 Å². The molecule has 0 fully saturated rings. The van der Waals surface area contributed by atoms with Crippen LogP contribution in [-0.4, -0.2) is 36.8 Å². The van der Waals surface area contributed by atoms with Crippen LogP contribution in [0.4, 0.5) is 0 Å². The minimum atomic E-state index is -0.150. The summed E-state index contributed by atoms with van der Waals surface area (Å²) in [6, 6.07) is 0. The topological polar surface area (TPSA) is 86.9 Å². The standard InChI is InChI=1S/C14H20N6O2/c1-8-5-11-12(9(2)22-8)18-19(3)13(11)14(21)15-6-10-7-16-20(4)17-10/h7-9H,5-6H2,1-4H3,(H,15,21)/t8-,9+/m1/s1. The third kappa shape index (κ3) is 2.61. The lowest BCUT2D eigenvalue weighted by Gasteiger charge is -2.24. The van der Waals surface area contributed by atoms with Gasteiger partial charge in [-0.3, -0.25) is 9.48 Å². The number of carbonyl (C=O) groups is 1. The first kappa shape index (κ1) is 14.7. The maximum absolute atomic E-state index is 12.5. The predicted molar refractivity (Wildman–Crippen MR) is 78.0 cm³/mol. The average Bonchev–Trinajstić information content (AvgIpc) is 2.99. The van der Waals surface area contributed by atoms with Gasteiger partial charge in [0.1, 0.15) is 11.4 Å². The number of rotatable bonds is 3. The van der Waals surface area contributed by atoms with Gasteiger partial charge in [-0.15, -0.1) is 0 Å². The molecule has 3 rings (SSSR count). The summed E-state index contributed by atoms with van der Waals surface area (Å²) in [5, 5.41) is 15.5. The molecule has 1 amide bonds. The number of hydrogen-bond donors (Lipinski definition) is 1. The number of nitrogens with one attached hydrogen (secondary N) is 1. The van der Waals surface area contributed by atoms with Gasteiger partial charge in [-0.2, -0.15) is 20.1 Å². The predicted octanol–water partition coefficient (Wildman–Crippen LogP) is 0.501. The Hall–Kier alpha value is -2.22. The van der Waals surface area contributed by atoms with E-state index in [2.05, 4.69) is 20.6 Å². The molecule has 0 saturated heterocycles. The van der Waals surface area contributed by atoms with E-state index in [-0.39, 0.29) is 18.1 Å². The lowest BCUT2D eigenvalue weighted by molar-refractivity contribution is -0.00710. The molecule has 2 aromatic heterocycles. The van der Waals surface area contributed by atoms with E-state index in [4.69, 9.17) is 4.74 Å². The Labute approximate surface area is 128 Å². The molecule has 2 atom stereocenters. The van der Waals surface area contributed by atoms with E-state index >= 15 is 0 Å². The highest BCUT2D eigenvalue weighted by atomic mass is 16.5. The van der Waals surface area contributed by atoms with Crippen molar-refractivity contribution in [2.45, 2.75) is 39.0 Å². The van der Waals surface area contributed by atoms with Crippen molar-refractivity contribution in [3.63, 3.8) is 0 Å². The summed E-state index contributed by atoms with van der Waals surface area (Å²) in [5.74, 6) is -0.150. The van der Waals surface area contributed by atoms with E-state index in [0.29, 0.717) is 18.7 Å². The van der Waals surface area contributed by atoms with E-state index in [0.717, 1.165) is 17.0 Å². The summed E-state index contributed by atoms with van der Waals surface area (Å²) in [4.78, 5) is 14.0. The molecule has 0 saturated carbocycles. The van der Waals surface area contributed by atoms with Gasteiger partial charge in [0.2, 0.25) is 0 Å². The van der Waals surface area contributed by atoms with Crippen LogP contribution in [0.25, 0.3) is 0 Å². The first-order valence-corrected chi connectivity index (χ1v) is 7.30. The summed E-state index contributed by atoms with van der Waals surface area (Å²) < 4.78 is 7.40. The average molecular weight is 304 g/mol. The van der Waals surface area contributed by atoms with E-state index in [1.807, 2.05) is 13.8 Å². The van der Waals surface area contributed by atoms with Crippen molar-refractivity contribution in [3.05, 3.63) is 28.8 Å². The summed E-state index contributed by atoms with van der Waals surface area (Å²) in [6.07, 6.45) is 2.32. The molecule has 1 aliphatic heterocycles. The smallest absolute Gasteiger partial charge is 0.270 e. The first-order chi connectivity index (χ1) is 10.5.